The number of hydrogen-bond donors (Lipinski definition) is 1. The van der Waals surface area contributed by atoms with E-state index >= 15 is 0 Å². The summed E-state index contributed by atoms with van der Waals surface area (Å²) >= 11 is 0. The van der Waals surface area contributed by atoms with E-state index in [1.54, 1.807) is 19.2 Å². The van der Waals surface area contributed by atoms with E-state index in [4.69, 9.17) is 15.2 Å². The first kappa shape index (κ1) is 16.1. The van der Waals surface area contributed by atoms with E-state index in [0.717, 1.165) is 19.3 Å². The van der Waals surface area contributed by atoms with Crippen LogP contribution in [0.1, 0.15) is 19.3 Å². The van der Waals surface area contributed by atoms with Gasteiger partial charge in [-0.05, 0) is 31.5 Å². The molecule has 21 heavy (non-hydrogen) atoms. The topological polar surface area (TPSA) is 81.9 Å². The number of rotatable bonds is 7. The van der Waals surface area contributed by atoms with Gasteiger partial charge < -0.3 is 15.2 Å². The minimum atomic E-state index is -3.49. The monoisotopic (exact) mass is 314 g/mol. The molecule has 0 fully saturated rings. The maximum Gasteiger partial charge on any atom is 0.242 e. The molecule has 1 aromatic rings. The lowest BCUT2D eigenvalue weighted by Crippen LogP contribution is -2.28. The fraction of sp³-hybridized carbons (Fsp3) is 0.571. The van der Waals surface area contributed by atoms with E-state index in [9.17, 15) is 8.42 Å². The van der Waals surface area contributed by atoms with E-state index in [0.29, 0.717) is 37.8 Å². The van der Waals surface area contributed by atoms with E-state index in [-0.39, 0.29) is 4.90 Å². The Bertz CT molecular complexity index is 574. The van der Waals surface area contributed by atoms with Gasteiger partial charge in [-0.2, -0.15) is 0 Å². The summed E-state index contributed by atoms with van der Waals surface area (Å²) in [7, 11) is -1.90. The van der Waals surface area contributed by atoms with Crippen molar-refractivity contribution in [3.63, 3.8) is 0 Å². The molecule has 0 spiro atoms. The number of sulfonamides is 1. The first-order chi connectivity index (χ1) is 10.1. The van der Waals surface area contributed by atoms with Crippen LogP contribution in [0.3, 0.4) is 0 Å². The highest BCUT2D eigenvalue weighted by atomic mass is 32.2. The van der Waals surface area contributed by atoms with Gasteiger partial charge in [0.15, 0.2) is 11.5 Å². The average molecular weight is 314 g/mol. The predicted octanol–water partition coefficient (Wildman–Crippen LogP) is 1.21. The maximum absolute atomic E-state index is 12.5. The Morgan fingerprint density at radius 2 is 1.86 bits per heavy atom. The smallest absolute Gasteiger partial charge is 0.242 e. The molecular formula is C14H22N2O4S. The Balaban J connectivity index is 2.08. The first-order valence-electron chi connectivity index (χ1n) is 7.12. The molecule has 2 rings (SSSR count). The number of hydrogen-bond acceptors (Lipinski definition) is 5. The van der Waals surface area contributed by atoms with Crippen molar-refractivity contribution in [2.75, 3.05) is 33.4 Å². The molecule has 0 aromatic heterocycles. The van der Waals surface area contributed by atoms with Crippen LogP contribution in [0.25, 0.3) is 0 Å². The summed E-state index contributed by atoms with van der Waals surface area (Å²) in [5.41, 5.74) is 5.43. The van der Waals surface area contributed by atoms with Gasteiger partial charge in [-0.3, -0.25) is 0 Å². The summed E-state index contributed by atoms with van der Waals surface area (Å²) in [5.74, 6) is 1.07. The van der Waals surface area contributed by atoms with Crippen LogP contribution in [-0.4, -0.2) is 46.1 Å². The van der Waals surface area contributed by atoms with Gasteiger partial charge in [0.25, 0.3) is 0 Å². The Hall–Kier alpha value is -1.31. The third-order valence-corrected chi connectivity index (χ3v) is 5.25. The van der Waals surface area contributed by atoms with Crippen LogP contribution in [0.4, 0.5) is 0 Å². The Morgan fingerprint density at radius 1 is 1.14 bits per heavy atom. The fourth-order valence-electron chi connectivity index (χ4n) is 2.14. The lowest BCUT2D eigenvalue weighted by molar-refractivity contribution is 0.171. The molecule has 1 aliphatic rings. The minimum Gasteiger partial charge on any atom is -0.486 e. The third-order valence-electron chi connectivity index (χ3n) is 3.40. The largest absolute Gasteiger partial charge is 0.486 e. The molecule has 0 aliphatic carbocycles. The van der Waals surface area contributed by atoms with Gasteiger partial charge >= 0.3 is 0 Å². The van der Waals surface area contributed by atoms with E-state index < -0.39 is 10.0 Å². The van der Waals surface area contributed by atoms with Gasteiger partial charge in [0.2, 0.25) is 10.0 Å². The summed E-state index contributed by atoms with van der Waals surface area (Å²) in [6, 6.07) is 4.73. The molecule has 1 aliphatic heterocycles. The van der Waals surface area contributed by atoms with Crippen molar-refractivity contribution in [1.29, 1.82) is 0 Å². The zero-order valence-corrected chi connectivity index (χ0v) is 13.1. The number of benzene rings is 1. The predicted molar refractivity (Wildman–Crippen MR) is 80.2 cm³/mol. The molecule has 0 saturated carbocycles. The Labute approximate surface area is 125 Å². The van der Waals surface area contributed by atoms with Crippen molar-refractivity contribution in [3.05, 3.63) is 18.2 Å². The zero-order valence-electron chi connectivity index (χ0n) is 12.2. The molecular weight excluding hydrogens is 292 g/mol. The number of nitrogens with two attached hydrogens (primary N) is 1. The van der Waals surface area contributed by atoms with Crippen molar-refractivity contribution in [3.8, 4) is 11.5 Å². The molecule has 7 heteroatoms. The molecule has 6 nitrogen and oxygen atoms in total. The highest BCUT2D eigenvalue weighted by molar-refractivity contribution is 7.89. The second kappa shape index (κ2) is 7.11. The molecule has 0 unspecified atom stereocenters. The summed E-state index contributed by atoms with van der Waals surface area (Å²) < 4.78 is 37.2. The average Bonchev–Trinajstić information content (AvgIpc) is 2.50. The van der Waals surface area contributed by atoms with Gasteiger partial charge in [-0.25, -0.2) is 12.7 Å². The highest BCUT2D eigenvalue weighted by Crippen LogP contribution is 2.32. The quantitative estimate of drug-likeness (QED) is 0.765. The molecule has 118 valence electrons. The summed E-state index contributed by atoms with van der Waals surface area (Å²) in [5, 5.41) is 0. The van der Waals surface area contributed by atoms with E-state index in [1.807, 2.05) is 0 Å². The summed E-state index contributed by atoms with van der Waals surface area (Å²) in [6.45, 7) is 2.04. The second-order valence-corrected chi connectivity index (χ2v) is 7.03. The van der Waals surface area contributed by atoms with Crippen LogP contribution >= 0.6 is 0 Å². The molecule has 1 aromatic carbocycles. The van der Waals surface area contributed by atoms with Crippen LogP contribution in [0.2, 0.25) is 0 Å². The van der Waals surface area contributed by atoms with Crippen LogP contribution in [0.5, 0.6) is 11.5 Å². The lowest BCUT2D eigenvalue weighted by atomic mass is 10.2. The molecule has 0 saturated heterocycles. The van der Waals surface area contributed by atoms with E-state index in [1.165, 1.54) is 10.4 Å². The highest BCUT2D eigenvalue weighted by Gasteiger charge is 2.23. The van der Waals surface area contributed by atoms with E-state index in [2.05, 4.69) is 0 Å². The van der Waals surface area contributed by atoms with Crippen molar-refractivity contribution < 1.29 is 17.9 Å². The standard InChI is InChI=1S/C14H22N2O4S/c1-16(8-4-2-3-7-15)21(17,18)12-5-6-13-14(11-12)20-10-9-19-13/h5-6,11H,2-4,7-10,15H2,1H3. The summed E-state index contributed by atoms with van der Waals surface area (Å²) in [6.07, 6.45) is 2.65. The number of unbranched alkanes of at least 4 members (excludes halogenated alkanes) is 2. The molecule has 2 N–H and O–H groups in total. The van der Waals surface area contributed by atoms with Gasteiger partial charge in [0.1, 0.15) is 13.2 Å². The van der Waals surface area contributed by atoms with Gasteiger partial charge in [0, 0.05) is 19.7 Å². The van der Waals surface area contributed by atoms with Crippen LogP contribution < -0.4 is 15.2 Å². The SMILES string of the molecule is CN(CCCCCN)S(=O)(=O)c1ccc2c(c1)OCCO2. The van der Waals surface area contributed by atoms with Crippen LogP contribution in [0, 0.1) is 0 Å². The Morgan fingerprint density at radius 3 is 2.57 bits per heavy atom. The number of fused-ring (bicyclic) bond motifs is 1. The number of nitrogens with zero attached hydrogens (tertiary/aromatic N) is 1. The van der Waals surface area contributed by atoms with Crippen molar-refractivity contribution >= 4 is 10.0 Å². The Kier molecular flexibility index (Phi) is 5.44. The maximum atomic E-state index is 12.5. The molecule has 0 amide bonds. The molecule has 1 heterocycles. The lowest BCUT2D eigenvalue weighted by Gasteiger charge is -2.21. The summed E-state index contributed by atoms with van der Waals surface area (Å²) in [4.78, 5) is 0.230. The zero-order chi connectivity index (χ0) is 15.3. The second-order valence-electron chi connectivity index (χ2n) is 4.98. The third kappa shape index (κ3) is 3.87. The first-order valence-corrected chi connectivity index (χ1v) is 8.56. The van der Waals surface area contributed by atoms with Crippen molar-refractivity contribution in [1.82, 2.24) is 4.31 Å². The van der Waals surface area contributed by atoms with Gasteiger partial charge in [-0.1, -0.05) is 6.42 Å². The van der Waals surface area contributed by atoms with Crippen LogP contribution in [-0.2, 0) is 10.0 Å². The van der Waals surface area contributed by atoms with Gasteiger partial charge in [0.05, 0.1) is 4.90 Å². The van der Waals surface area contributed by atoms with Crippen molar-refractivity contribution in [2.45, 2.75) is 24.2 Å². The van der Waals surface area contributed by atoms with Gasteiger partial charge in [-0.15, -0.1) is 0 Å². The molecule has 0 atom stereocenters. The molecule has 0 bridgehead atoms. The number of ether oxygens (including phenoxy) is 2. The van der Waals surface area contributed by atoms with Crippen LogP contribution in [0.15, 0.2) is 23.1 Å². The van der Waals surface area contributed by atoms with Crippen molar-refractivity contribution in [2.24, 2.45) is 5.73 Å². The fourth-order valence-corrected chi connectivity index (χ4v) is 3.37. The minimum absolute atomic E-state index is 0.230. The molecule has 0 radical (unpaired) electrons. The normalized spacial score (nSPS) is 14.4.